The lowest BCUT2D eigenvalue weighted by Gasteiger charge is -2.20. The van der Waals surface area contributed by atoms with Gasteiger partial charge in [-0.15, -0.1) is 0 Å². The van der Waals surface area contributed by atoms with Crippen LogP contribution in [0, 0.1) is 20.2 Å². The lowest BCUT2D eigenvalue weighted by atomic mass is 10.1. The Balaban J connectivity index is 1.94. The number of nitro benzene ring substituents is 2. The molecule has 0 aromatic heterocycles. The molecule has 0 saturated carbocycles. The number of nitrogens with one attached hydrogen (secondary N) is 2. The Bertz CT molecular complexity index is 1380. The third-order valence-corrected chi connectivity index (χ3v) is 4.62. The molecule has 3 aromatic carbocycles. The molecule has 0 aliphatic carbocycles. The highest BCUT2D eigenvalue weighted by Crippen LogP contribution is 2.35. The number of halogens is 4. The van der Waals surface area contributed by atoms with Crippen LogP contribution in [0.3, 0.4) is 0 Å². The summed E-state index contributed by atoms with van der Waals surface area (Å²) in [6.45, 7) is 0. The van der Waals surface area contributed by atoms with Crippen molar-refractivity contribution < 1.29 is 41.7 Å². The first-order chi connectivity index (χ1) is 17.4. The molecule has 192 valence electrons. The molecule has 2 amide bonds. The molecule has 0 atom stereocenters. The molecule has 0 bridgehead atoms. The Morgan fingerprint density at radius 1 is 0.811 bits per heavy atom. The Labute approximate surface area is 204 Å². The largest absolute Gasteiger partial charge is 0.461 e. The van der Waals surface area contributed by atoms with Gasteiger partial charge in [0.2, 0.25) is 0 Å². The average Bonchev–Trinajstić information content (AvgIpc) is 2.85. The smallest absolute Gasteiger partial charge is 0.426 e. The van der Waals surface area contributed by atoms with Gasteiger partial charge in [-0.2, -0.15) is 17.6 Å². The molecule has 2 N–H and O–H groups in total. The Morgan fingerprint density at radius 2 is 1.32 bits per heavy atom. The summed E-state index contributed by atoms with van der Waals surface area (Å²) >= 11 is 0. The zero-order chi connectivity index (χ0) is 27.3. The highest BCUT2D eigenvalue weighted by molar-refractivity contribution is 6.07. The minimum Gasteiger partial charge on any atom is -0.426 e. The van der Waals surface area contributed by atoms with Crippen LogP contribution in [0.2, 0.25) is 0 Å². The second-order valence-corrected chi connectivity index (χ2v) is 7.20. The van der Waals surface area contributed by atoms with Gasteiger partial charge in [-0.05, 0) is 30.3 Å². The molecule has 11 nitrogen and oxygen atoms in total. The molecule has 3 aromatic rings. The van der Waals surface area contributed by atoms with Crippen LogP contribution in [-0.4, -0.2) is 34.2 Å². The van der Waals surface area contributed by atoms with E-state index in [4.69, 9.17) is 0 Å². The van der Waals surface area contributed by atoms with Crippen molar-refractivity contribution in [2.45, 2.75) is 12.5 Å². The maximum absolute atomic E-state index is 13.6. The summed E-state index contributed by atoms with van der Waals surface area (Å²) in [6.07, 6.45) is -9.17. The van der Waals surface area contributed by atoms with E-state index < -0.39 is 51.3 Å². The van der Waals surface area contributed by atoms with Crippen molar-refractivity contribution in [1.82, 2.24) is 0 Å². The van der Waals surface area contributed by atoms with Crippen LogP contribution in [-0.2, 0) is 0 Å². The van der Waals surface area contributed by atoms with E-state index in [-0.39, 0.29) is 22.5 Å². The van der Waals surface area contributed by atoms with Gasteiger partial charge in [-0.25, -0.2) is 0 Å². The van der Waals surface area contributed by atoms with Crippen LogP contribution in [0.1, 0.15) is 20.7 Å². The molecule has 0 radical (unpaired) electrons. The molecule has 0 unspecified atom stereocenters. The zero-order valence-electron chi connectivity index (χ0n) is 18.2. The molecule has 0 fully saturated rings. The lowest BCUT2D eigenvalue weighted by Crippen LogP contribution is -2.33. The number of ether oxygens (including phenoxy) is 1. The van der Waals surface area contributed by atoms with E-state index in [0.29, 0.717) is 0 Å². The molecule has 15 heteroatoms. The maximum atomic E-state index is 13.6. The summed E-state index contributed by atoms with van der Waals surface area (Å²) in [7, 11) is 0. The van der Waals surface area contributed by atoms with Crippen LogP contribution in [0.5, 0.6) is 5.75 Å². The van der Waals surface area contributed by atoms with Gasteiger partial charge < -0.3 is 15.4 Å². The Kier molecular flexibility index (Phi) is 7.65. The fourth-order valence-electron chi connectivity index (χ4n) is 2.90. The van der Waals surface area contributed by atoms with Crippen molar-refractivity contribution in [3.63, 3.8) is 0 Å². The number of nitro groups is 2. The number of alkyl halides is 4. The van der Waals surface area contributed by atoms with Crippen LogP contribution in [0.4, 0.5) is 40.3 Å². The fourth-order valence-corrected chi connectivity index (χ4v) is 2.90. The number of amides is 2. The molecule has 0 saturated heterocycles. The van der Waals surface area contributed by atoms with Gasteiger partial charge in [-0.1, -0.05) is 12.1 Å². The van der Waals surface area contributed by atoms with Gasteiger partial charge in [0.25, 0.3) is 23.2 Å². The SMILES string of the molecule is O=C(Nc1ccc(OC(F)(F)C(F)F)c(NC(=O)c2cccc([N+](=O)[O-])c2)c1)c1cccc([N+](=O)[O-])c1. The first-order valence-electron chi connectivity index (χ1n) is 9.98. The molecule has 0 aliphatic rings. The van der Waals surface area contributed by atoms with Gasteiger partial charge in [0.15, 0.2) is 0 Å². The van der Waals surface area contributed by atoms with Crippen molar-refractivity contribution in [2.75, 3.05) is 10.6 Å². The van der Waals surface area contributed by atoms with Gasteiger partial charge in [-0.3, -0.25) is 29.8 Å². The predicted molar refractivity (Wildman–Crippen MR) is 120 cm³/mol. The van der Waals surface area contributed by atoms with E-state index in [9.17, 15) is 47.4 Å². The number of rotatable bonds is 9. The minimum absolute atomic E-state index is 0.138. The monoisotopic (exact) mass is 522 g/mol. The molecule has 0 spiro atoms. The topological polar surface area (TPSA) is 154 Å². The first kappa shape index (κ1) is 26.5. The normalized spacial score (nSPS) is 11.1. The molecule has 0 heterocycles. The first-order valence-corrected chi connectivity index (χ1v) is 9.98. The number of carbonyl (C=O) groups excluding carboxylic acids is 2. The van der Waals surface area contributed by atoms with E-state index in [1.54, 1.807) is 0 Å². The van der Waals surface area contributed by atoms with Crippen molar-refractivity contribution in [3.8, 4) is 5.75 Å². The fraction of sp³-hybridized carbons (Fsp3) is 0.0909. The summed E-state index contributed by atoms with van der Waals surface area (Å²) in [6, 6.07) is 11.6. The van der Waals surface area contributed by atoms with E-state index in [2.05, 4.69) is 15.4 Å². The van der Waals surface area contributed by atoms with E-state index in [0.717, 1.165) is 42.5 Å². The maximum Gasteiger partial charge on any atom is 0.461 e. The van der Waals surface area contributed by atoms with Crippen LogP contribution in [0.25, 0.3) is 0 Å². The highest BCUT2D eigenvalue weighted by Gasteiger charge is 2.44. The van der Waals surface area contributed by atoms with Crippen LogP contribution in [0.15, 0.2) is 66.7 Å². The highest BCUT2D eigenvalue weighted by atomic mass is 19.3. The molecular formula is C22H14F4N4O7. The molecule has 0 aliphatic heterocycles. The standard InChI is InChI=1S/C22H14F4N4O7/c23-21(24)22(25,26)37-18-8-7-14(27-19(31)12-3-1-5-15(9-12)29(33)34)11-17(18)28-20(32)13-4-2-6-16(10-13)30(35)36/h1-11,21H,(H,27,31)(H,28,32). The summed E-state index contributed by atoms with van der Waals surface area (Å²) in [5.41, 5.74) is -1.97. The quantitative estimate of drug-likeness (QED) is 0.221. The second-order valence-electron chi connectivity index (χ2n) is 7.20. The number of carbonyl (C=O) groups is 2. The average molecular weight is 522 g/mol. The van der Waals surface area contributed by atoms with Gasteiger partial charge in [0, 0.05) is 41.1 Å². The summed E-state index contributed by atoms with van der Waals surface area (Å²) in [5.74, 6) is -2.81. The predicted octanol–water partition coefficient (Wildman–Crippen LogP) is 5.24. The van der Waals surface area contributed by atoms with Crippen LogP contribution >= 0.6 is 0 Å². The summed E-state index contributed by atoms with van der Waals surface area (Å²) in [4.78, 5) is 45.5. The number of anilines is 2. The van der Waals surface area contributed by atoms with Gasteiger partial charge in [0.05, 0.1) is 15.5 Å². The van der Waals surface area contributed by atoms with E-state index >= 15 is 0 Å². The number of non-ortho nitro benzene ring substituents is 2. The van der Waals surface area contributed by atoms with E-state index in [1.165, 1.54) is 24.3 Å². The van der Waals surface area contributed by atoms with Crippen molar-refractivity contribution >= 4 is 34.6 Å². The lowest BCUT2D eigenvalue weighted by molar-refractivity contribution is -0.385. The number of nitrogens with zero attached hydrogens (tertiary/aromatic N) is 2. The third-order valence-electron chi connectivity index (χ3n) is 4.62. The Morgan fingerprint density at radius 3 is 1.81 bits per heavy atom. The molecule has 3 rings (SSSR count). The van der Waals surface area contributed by atoms with Crippen LogP contribution < -0.4 is 15.4 Å². The minimum atomic E-state index is -4.95. The van der Waals surface area contributed by atoms with E-state index in [1.807, 2.05) is 0 Å². The summed E-state index contributed by atoms with van der Waals surface area (Å²) < 4.78 is 56.6. The van der Waals surface area contributed by atoms with Gasteiger partial charge in [0.1, 0.15) is 5.75 Å². The Hall–Kier alpha value is -5.08. The van der Waals surface area contributed by atoms with Crippen molar-refractivity contribution in [2.24, 2.45) is 0 Å². The second kappa shape index (κ2) is 10.7. The number of hydrogen-bond donors (Lipinski definition) is 2. The number of benzene rings is 3. The molecular weight excluding hydrogens is 508 g/mol. The van der Waals surface area contributed by atoms with Gasteiger partial charge >= 0.3 is 12.5 Å². The van der Waals surface area contributed by atoms with Crippen molar-refractivity contribution in [3.05, 3.63) is 98.1 Å². The summed E-state index contributed by atoms with van der Waals surface area (Å²) in [5, 5.41) is 26.3. The molecule has 37 heavy (non-hydrogen) atoms. The zero-order valence-corrected chi connectivity index (χ0v) is 18.2. The third kappa shape index (κ3) is 6.53. The number of hydrogen-bond acceptors (Lipinski definition) is 7. The van der Waals surface area contributed by atoms with Crippen molar-refractivity contribution in [1.29, 1.82) is 0 Å².